The lowest BCUT2D eigenvalue weighted by Gasteiger charge is -2.16. The van der Waals surface area contributed by atoms with Crippen molar-refractivity contribution in [2.24, 2.45) is 0 Å². The van der Waals surface area contributed by atoms with Crippen LogP contribution in [0, 0.1) is 5.82 Å². The Morgan fingerprint density at radius 2 is 1.76 bits per heavy atom. The first kappa shape index (κ1) is 13.4. The summed E-state index contributed by atoms with van der Waals surface area (Å²) in [7, 11) is 0. The van der Waals surface area contributed by atoms with Crippen LogP contribution in [-0.2, 0) is 0 Å². The molecule has 4 heteroatoms. The number of benzene rings is 2. The molecule has 0 saturated carbocycles. The van der Waals surface area contributed by atoms with E-state index in [1.807, 2.05) is 48.0 Å². The minimum absolute atomic E-state index is 0.0375. The lowest BCUT2D eigenvalue weighted by molar-refractivity contribution is 0.626. The molecule has 1 atom stereocenters. The molecule has 1 aromatic heterocycles. The summed E-state index contributed by atoms with van der Waals surface area (Å²) < 4.78 is 15.0. The van der Waals surface area contributed by atoms with Gasteiger partial charge in [0, 0.05) is 18.1 Å². The normalized spacial score (nSPS) is 12.1. The first-order valence-corrected chi connectivity index (χ1v) is 6.85. The van der Waals surface area contributed by atoms with E-state index >= 15 is 0 Å². The van der Waals surface area contributed by atoms with Crippen LogP contribution in [0.1, 0.15) is 18.5 Å². The summed E-state index contributed by atoms with van der Waals surface area (Å²) in [6.07, 6.45) is 3.67. The maximum absolute atomic E-state index is 13.0. The van der Waals surface area contributed by atoms with Crippen LogP contribution in [0.3, 0.4) is 0 Å². The van der Waals surface area contributed by atoms with Gasteiger partial charge in [-0.25, -0.2) is 9.37 Å². The second kappa shape index (κ2) is 5.79. The third-order valence-corrected chi connectivity index (χ3v) is 3.39. The Morgan fingerprint density at radius 3 is 2.48 bits per heavy atom. The zero-order chi connectivity index (χ0) is 14.7. The standard InChI is InChI=1S/C17H16FN3/c1-13(14-7-9-15(18)10-8-14)20-17-19-11-12-21(17)16-5-3-2-4-6-16/h2-13H,1H3,(H,19,20). The molecule has 2 aromatic carbocycles. The van der Waals surface area contributed by atoms with Crippen molar-refractivity contribution in [1.29, 1.82) is 0 Å². The zero-order valence-electron chi connectivity index (χ0n) is 11.7. The molecule has 3 nitrogen and oxygen atoms in total. The van der Waals surface area contributed by atoms with Crippen molar-refractivity contribution < 1.29 is 4.39 Å². The first-order chi connectivity index (χ1) is 10.2. The Balaban J connectivity index is 1.83. The molecule has 0 aliphatic rings. The van der Waals surface area contributed by atoms with Gasteiger partial charge in [-0.3, -0.25) is 4.57 Å². The third-order valence-electron chi connectivity index (χ3n) is 3.39. The van der Waals surface area contributed by atoms with Gasteiger partial charge in [-0.1, -0.05) is 30.3 Å². The quantitative estimate of drug-likeness (QED) is 0.777. The molecule has 1 N–H and O–H groups in total. The lowest BCUT2D eigenvalue weighted by atomic mass is 10.1. The van der Waals surface area contributed by atoms with E-state index in [1.54, 1.807) is 18.3 Å². The van der Waals surface area contributed by atoms with Crippen LogP contribution in [0.5, 0.6) is 0 Å². The monoisotopic (exact) mass is 281 g/mol. The number of halogens is 1. The van der Waals surface area contributed by atoms with Gasteiger partial charge in [0.1, 0.15) is 5.82 Å². The van der Waals surface area contributed by atoms with E-state index in [4.69, 9.17) is 0 Å². The number of para-hydroxylation sites is 1. The predicted octanol–water partition coefficient (Wildman–Crippen LogP) is 4.18. The van der Waals surface area contributed by atoms with Crippen molar-refractivity contribution in [3.63, 3.8) is 0 Å². The molecule has 21 heavy (non-hydrogen) atoms. The number of rotatable bonds is 4. The Hall–Kier alpha value is -2.62. The highest BCUT2D eigenvalue weighted by atomic mass is 19.1. The van der Waals surface area contributed by atoms with Crippen LogP contribution >= 0.6 is 0 Å². The second-order valence-electron chi connectivity index (χ2n) is 4.87. The largest absolute Gasteiger partial charge is 0.349 e. The van der Waals surface area contributed by atoms with Crippen molar-refractivity contribution in [3.8, 4) is 5.69 Å². The van der Waals surface area contributed by atoms with Crippen LogP contribution in [0.4, 0.5) is 10.3 Å². The summed E-state index contributed by atoms with van der Waals surface area (Å²) in [5.74, 6) is 0.537. The van der Waals surface area contributed by atoms with Crippen molar-refractivity contribution in [3.05, 3.63) is 78.4 Å². The second-order valence-corrected chi connectivity index (χ2v) is 4.87. The van der Waals surface area contributed by atoms with Crippen LogP contribution in [-0.4, -0.2) is 9.55 Å². The van der Waals surface area contributed by atoms with Gasteiger partial charge in [-0.2, -0.15) is 0 Å². The maximum Gasteiger partial charge on any atom is 0.207 e. The molecule has 0 aliphatic carbocycles. The molecule has 0 aliphatic heterocycles. The van der Waals surface area contributed by atoms with Crippen LogP contribution in [0.25, 0.3) is 5.69 Å². The molecule has 0 saturated heterocycles. The van der Waals surface area contributed by atoms with E-state index in [0.29, 0.717) is 0 Å². The van der Waals surface area contributed by atoms with Gasteiger partial charge in [0.05, 0.1) is 6.04 Å². The Morgan fingerprint density at radius 1 is 1.05 bits per heavy atom. The molecule has 3 rings (SSSR count). The fourth-order valence-corrected chi connectivity index (χ4v) is 2.24. The van der Waals surface area contributed by atoms with Crippen molar-refractivity contribution in [2.75, 3.05) is 5.32 Å². The molecule has 0 radical (unpaired) electrons. The van der Waals surface area contributed by atoms with Gasteiger partial charge in [-0.15, -0.1) is 0 Å². The fourth-order valence-electron chi connectivity index (χ4n) is 2.24. The molecule has 0 fully saturated rings. The summed E-state index contributed by atoms with van der Waals surface area (Å²) in [5.41, 5.74) is 2.06. The first-order valence-electron chi connectivity index (χ1n) is 6.85. The van der Waals surface area contributed by atoms with Crippen molar-refractivity contribution in [1.82, 2.24) is 9.55 Å². The van der Waals surface area contributed by atoms with Crippen LogP contribution < -0.4 is 5.32 Å². The van der Waals surface area contributed by atoms with Gasteiger partial charge < -0.3 is 5.32 Å². The number of nitrogens with zero attached hydrogens (tertiary/aromatic N) is 2. The minimum Gasteiger partial charge on any atom is -0.349 e. The molecule has 3 aromatic rings. The van der Waals surface area contributed by atoms with E-state index in [-0.39, 0.29) is 11.9 Å². The Bertz CT molecular complexity index is 704. The maximum atomic E-state index is 13.0. The molecular formula is C17H16FN3. The van der Waals surface area contributed by atoms with Gasteiger partial charge >= 0.3 is 0 Å². The average molecular weight is 281 g/mol. The van der Waals surface area contributed by atoms with E-state index in [1.165, 1.54) is 12.1 Å². The minimum atomic E-state index is -0.225. The fraction of sp³-hybridized carbons (Fsp3) is 0.118. The summed E-state index contributed by atoms with van der Waals surface area (Å²) in [5, 5.41) is 3.35. The SMILES string of the molecule is CC(Nc1nccn1-c1ccccc1)c1ccc(F)cc1. The highest BCUT2D eigenvalue weighted by Gasteiger charge is 2.10. The van der Waals surface area contributed by atoms with Crippen molar-refractivity contribution >= 4 is 5.95 Å². The summed E-state index contributed by atoms with van der Waals surface area (Å²) >= 11 is 0. The van der Waals surface area contributed by atoms with E-state index in [9.17, 15) is 4.39 Å². The molecule has 1 unspecified atom stereocenters. The summed E-state index contributed by atoms with van der Waals surface area (Å²) in [6, 6.07) is 16.5. The lowest BCUT2D eigenvalue weighted by Crippen LogP contribution is -2.11. The highest BCUT2D eigenvalue weighted by molar-refractivity contribution is 5.43. The molecular weight excluding hydrogens is 265 g/mol. The molecule has 0 bridgehead atoms. The highest BCUT2D eigenvalue weighted by Crippen LogP contribution is 2.20. The molecule has 0 amide bonds. The number of hydrogen-bond donors (Lipinski definition) is 1. The molecule has 106 valence electrons. The smallest absolute Gasteiger partial charge is 0.207 e. The molecule has 0 spiro atoms. The van der Waals surface area contributed by atoms with E-state index in [0.717, 1.165) is 17.2 Å². The number of hydrogen-bond acceptors (Lipinski definition) is 2. The van der Waals surface area contributed by atoms with Gasteiger partial charge in [-0.05, 0) is 36.8 Å². The summed E-state index contributed by atoms with van der Waals surface area (Å²) in [6.45, 7) is 2.03. The van der Waals surface area contributed by atoms with E-state index < -0.39 is 0 Å². The predicted molar refractivity (Wildman–Crippen MR) is 82.0 cm³/mol. The zero-order valence-corrected chi connectivity index (χ0v) is 11.7. The molecule has 1 heterocycles. The van der Waals surface area contributed by atoms with Gasteiger partial charge in [0.2, 0.25) is 5.95 Å². The number of aromatic nitrogens is 2. The third kappa shape index (κ3) is 2.94. The van der Waals surface area contributed by atoms with Gasteiger partial charge in [0.15, 0.2) is 0 Å². The topological polar surface area (TPSA) is 29.9 Å². The number of anilines is 1. The van der Waals surface area contributed by atoms with Gasteiger partial charge in [0.25, 0.3) is 0 Å². The van der Waals surface area contributed by atoms with Crippen LogP contribution in [0.2, 0.25) is 0 Å². The van der Waals surface area contributed by atoms with E-state index in [2.05, 4.69) is 10.3 Å². The summed E-state index contributed by atoms with van der Waals surface area (Å²) in [4.78, 5) is 4.35. The van der Waals surface area contributed by atoms with Crippen LogP contribution in [0.15, 0.2) is 67.0 Å². The van der Waals surface area contributed by atoms with Crippen molar-refractivity contribution in [2.45, 2.75) is 13.0 Å². The Kier molecular flexibility index (Phi) is 3.69. The number of imidazole rings is 1. The Labute approximate surface area is 123 Å². The number of nitrogens with one attached hydrogen (secondary N) is 1. The average Bonchev–Trinajstić information content (AvgIpc) is 2.97.